The van der Waals surface area contributed by atoms with E-state index >= 15 is 0 Å². The molecule has 1 unspecified atom stereocenters. The molecule has 0 saturated carbocycles. The lowest BCUT2D eigenvalue weighted by Crippen LogP contribution is -2.23. The Morgan fingerprint density at radius 3 is 2.75 bits per heavy atom. The van der Waals surface area contributed by atoms with Crippen molar-refractivity contribution in [2.24, 2.45) is 0 Å². The second kappa shape index (κ2) is 5.77. The maximum absolute atomic E-state index is 6.27. The molecule has 20 heavy (non-hydrogen) atoms. The summed E-state index contributed by atoms with van der Waals surface area (Å²) in [6.45, 7) is 2.16. The van der Waals surface area contributed by atoms with Crippen LogP contribution in [0, 0.1) is 0 Å². The van der Waals surface area contributed by atoms with Gasteiger partial charge < -0.3 is 5.32 Å². The highest BCUT2D eigenvalue weighted by molar-refractivity contribution is 6.31. The zero-order valence-electron chi connectivity index (χ0n) is 11.4. The molecule has 0 fully saturated rings. The van der Waals surface area contributed by atoms with Crippen LogP contribution in [0.25, 0.3) is 0 Å². The summed E-state index contributed by atoms with van der Waals surface area (Å²) in [4.78, 5) is 0. The molecule has 0 aromatic heterocycles. The van der Waals surface area contributed by atoms with Crippen molar-refractivity contribution >= 4 is 23.2 Å². The second-order valence-electron chi connectivity index (χ2n) is 5.34. The Hall–Kier alpha value is -1.02. The number of hydrogen-bond acceptors (Lipinski definition) is 1. The molecule has 0 radical (unpaired) electrons. The fourth-order valence-electron chi connectivity index (χ4n) is 2.98. The Bertz CT molecular complexity index is 624. The Balaban J connectivity index is 1.79. The summed E-state index contributed by atoms with van der Waals surface area (Å²) >= 11 is 12.3. The third-order valence-electron chi connectivity index (χ3n) is 4.01. The first-order chi connectivity index (χ1) is 9.65. The molecule has 2 aromatic rings. The zero-order valence-corrected chi connectivity index (χ0v) is 12.9. The Labute approximate surface area is 129 Å². The molecule has 0 bridgehead atoms. The van der Waals surface area contributed by atoms with Crippen molar-refractivity contribution in [1.29, 1.82) is 0 Å². The smallest absolute Gasteiger partial charge is 0.0453 e. The van der Waals surface area contributed by atoms with Crippen molar-refractivity contribution in [2.45, 2.75) is 31.8 Å². The SMILES string of the molecule is C[C@@H](NC1CCc2cc(Cl)ccc21)c1ccccc1Cl. The summed E-state index contributed by atoms with van der Waals surface area (Å²) in [7, 11) is 0. The largest absolute Gasteiger partial charge is 0.303 e. The van der Waals surface area contributed by atoms with E-state index < -0.39 is 0 Å². The first-order valence-corrected chi connectivity index (χ1v) is 7.69. The molecule has 0 saturated heterocycles. The van der Waals surface area contributed by atoms with Gasteiger partial charge in [0.1, 0.15) is 0 Å². The number of rotatable bonds is 3. The van der Waals surface area contributed by atoms with Gasteiger partial charge in [0, 0.05) is 22.1 Å². The lowest BCUT2D eigenvalue weighted by molar-refractivity contribution is 0.465. The summed E-state index contributed by atoms with van der Waals surface area (Å²) in [6.07, 6.45) is 2.20. The van der Waals surface area contributed by atoms with Gasteiger partial charge in [0.25, 0.3) is 0 Å². The number of nitrogens with one attached hydrogen (secondary N) is 1. The molecule has 0 heterocycles. The fourth-order valence-corrected chi connectivity index (χ4v) is 3.47. The summed E-state index contributed by atoms with van der Waals surface area (Å²) in [6, 6.07) is 14.8. The number of halogens is 2. The van der Waals surface area contributed by atoms with E-state index in [-0.39, 0.29) is 6.04 Å². The first-order valence-electron chi connectivity index (χ1n) is 6.94. The minimum absolute atomic E-state index is 0.232. The van der Waals surface area contributed by atoms with Crippen molar-refractivity contribution in [2.75, 3.05) is 0 Å². The molecule has 0 amide bonds. The molecule has 1 aliphatic carbocycles. The molecule has 2 aromatic carbocycles. The fraction of sp³-hybridized carbons (Fsp3) is 0.294. The van der Waals surface area contributed by atoms with Crippen molar-refractivity contribution in [3.8, 4) is 0 Å². The molecular weight excluding hydrogens is 289 g/mol. The zero-order chi connectivity index (χ0) is 14.1. The molecule has 3 heteroatoms. The van der Waals surface area contributed by atoms with Gasteiger partial charge in [0.05, 0.1) is 0 Å². The lowest BCUT2D eigenvalue weighted by atomic mass is 10.0. The van der Waals surface area contributed by atoms with E-state index in [4.69, 9.17) is 23.2 Å². The minimum atomic E-state index is 0.232. The highest BCUT2D eigenvalue weighted by atomic mass is 35.5. The maximum Gasteiger partial charge on any atom is 0.0453 e. The van der Waals surface area contributed by atoms with E-state index in [1.807, 2.05) is 24.3 Å². The van der Waals surface area contributed by atoms with E-state index in [2.05, 4.69) is 30.4 Å². The van der Waals surface area contributed by atoms with Crippen LogP contribution in [0.1, 0.15) is 42.1 Å². The third-order valence-corrected chi connectivity index (χ3v) is 4.59. The molecule has 104 valence electrons. The second-order valence-corrected chi connectivity index (χ2v) is 6.19. The number of hydrogen-bond donors (Lipinski definition) is 1. The molecular formula is C17H17Cl2N. The van der Waals surface area contributed by atoms with Crippen LogP contribution in [0.3, 0.4) is 0 Å². The van der Waals surface area contributed by atoms with Gasteiger partial charge in [-0.25, -0.2) is 0 Å². The van der Waals surface area contributed by atoms with Crippen LogP contribution >= 0.6 is 23.2 Å². The molecule has 1 aliphatic rings. The standard InChI is InChI=1S/C17H17Cl2N/c1-11(14-4-2-3-5-16(14)19)20-17-9-6-12-10-13(18)7-8-15(12)17/h2-5,7-8,10-11,17,20H,6,9H2,1H3/t11-,17?/m1/s1. The van der Waals surface area contributed by atoms with Crippen molar-refractivity contribution < 1.29 is 0 Å². The van der Waals surface area contributed by atoms with E-state index in [1.54, 1.807) is 0 Å². The van der Waals surface area contributed by atoms with Gasteiger partial charge in [-0.05, 0) is 54.7 Å². The third kappa shape index (κ3) is 2.71. The molecule has 1 nitrogen and oxygen atoms in total. The topological polar surface area (TPSA) is 12.0 Å². The summed E-state index contributed by atoms with van der Waals surface area (Å²) in [5.41, 5.74) is 3.88. The molecule has 0 aliphatic heterocycles. The van der Waals surface area contributed by atoms with Gasteiger partial charge >= 0.3 is 0 Å². The predicted molar refractivity (Wildman–Crippen MR) is 85.5 cm³/mol. The van der Waals surface area contributed by atoms with E-state index in [0.717, 1.165) is 28.5 Å². The highest BCUT2D eigenvalue weighted by Gasteiger charge is 2.24. The maximum atomic E-state index is 6.27. The van der Waals surface area contributed by atoms with Gasteiger partial charge in [-0.2, -0.15) is 0 Å². The predicted octanol–water partition coefficient (Wildman–Crippen LogP) is 5.33. The van der Waals surface area contributed by atoms with Gasteiger partial charge in [-0.1, -0.05) is 47.5 Å². The quantitative estimate of drug-likeness (QED) is 0.808. The highest BCUT2D eigenvalue weighted by Crippen LogP contribution is 2.35. The molecule has 3 rings (SSSR count). The Kier molecular flexibility index (Phi) is 4.02. The van der Waals surface area contributed by atoms with Gasteiger partial charge in [0.2, 0.25) is 0 Å². The van der Waals surface area contributed by atoms with Crippen LogP contribution in [0.15, 0.2) is 42.5 Å². The normalized spacial score (nSPS) is 18.9. The van der Waals surface area contributed by atoms with E-state index in [9.17, 15) is 0 Å². The summed E-state index contributed by atoms with van der Waals surface area (Å²) in [5, 5.41) is 5.33. The van der Waals surface area contributed by atoms with Crippen LogP contribution in [0.5, 0.6) is 0 Å². The molecule has 1 N–H and O–H groups in total. The first kappa shape index (κ1) is 13.9. The summed E-state index contributed by atoms with van der Waals surface area (Å²) in [5.74, 6) is 0. The van der Waals surface area contributed by atoms with Gasteiger partial charge in [-0.3, -0.25) is 0 Å². The van der Waals surface area contributed by atoms with Crippen LogP contribution < -0.4 is 5.32 Å². The van der Waals surface area contributed by atoms with Crippen molar-refractivity contribution in [1.82, 2.24) is 5.32 Å². The number of fused-ring (bicyclic) bond motifs is 1. The van der Waals surface area contributed by atoms with Gasteiger partial charge in [0.15, 0.2) is 0 Å². The van der Waals surface area contributed by atoms with Gasteiger partial charge in [-0.15, -0.1) is 0 Å². The van der Waals surface area contributed by atoms with Crippen molar-refractivity contribution in [3.63, 3.8) is 0 Å². The Morgan fingerprint density at radius 2 is 1.95 bits per heavy atom. The van der Waals surface area contributed by atoms with E-state index in [1.165, 1.54) is 11.1 Å². The molecule has 0 spiro atoms. The Morgan fingerprint density at radius 1 is 1.15 bits per heavy atom. The number of aryl methyl sites for hydroxylation is 1. The number of benzene rings is 2. The van der Waals surface area contributed by atoms with Crippen LogP contribution in [0.2, 0.25) is 10.0 Å². The average molecular weight is 306 g/mol. The van der Waals surface area contributed by atoms with Crippen LogP contribution in [0.4, 0.5) is 0 Å². The minimum Gasteiger partial charge on any atom is -0.303 e. The summed E-state index contributed by atoms with van der Waals surface area (Å²) < 4.78 is 0. The van der Waals surface area contributed by atoms with E-state index in [0.29, 0.717) is 6.04 Å². The average Bonchev–Trinajstić information content (AvgIpc) is 2.81. The van der Waals surface area contributed by atoms with Crippen LogP contribution in [-0.4, -0.2) is 0 Å². The molecule has 2 atom stereocenters. The van der Waals surface area contributed by atoms with Crippen molar-refractivity contribution in [3.05, 3.63) is 69.2 Å². The van der Waals surface area contributed by atoms with Crippen LogP contribution in [-0.2, 0) is 6.42 Å². The lowest BCUT2D eigenvalue weighted by Gasteiger charge is -2.21. The monoisotopic (exact) mass is 305 g/mol.